The lowest BCUT2D eigenvalue weighted by atomic mass is 9.98. The van der Waals surface area contributed by atoms with Gasteiger partial charge in [0.1, 0.15) is 12.8 Å². The molecule has 1 N–H and O–H groups in total. The van der Waals surface area contributed by atoms with E-state index in [1.807, 2.05) is 0 Å². The van der Waals surface area contributed by atoms with E-state index in [0.29, 0.717) is 0 Å². The minimum absolute atomic E-state index is 0.767. The van der Waals surface area contributed by atoms with Crippen molar-refractivity contribution >= 4 is 17.9 Å². The van der Waals surface area contributed by atoms with Crippen LogP contribution in [0.15, 0.2) is 0 Å². The van der Waals surface area contributed by atoms with Crippen molar-refractivity contribution in [2.24, 2.45) is 0 Å². The van der Waals surface area contributed by atoms with E-state index in [4.69, 9.17) is 18.9 Å². The van der Waals surface area contributed by atoms with Gasteiger partial charge in [0.2, 0.25) is 0 Å². The third-order valence-corrected chi connectivity index (χ3v) is 2.67. The lowest BCUT2D eigenvalue weighted by Gasteiger charge is -2.42. The van der Waals surface area contributed by atoms with Gasteiger partial charge in [-0.1, -0.05) is 0 Å². The molecule has 0 spiro atoms. The van der Waals surface area contributed by atoms with E-state index in [0.717, 1.165) is 20.8 Å². The second-order valence-corrected chi connectivity index (χ2v) is 4.44. The molecule has 1 fully saturated rings. The van der Waals surface area contributed by atoms with Crippen LogP contribution in [0.4, 0.5) is 4.39 Å². The van der Waals surface area contributed by atoms with E-state index in [-0.39, 0.29) is 0 Å². The zero-order valence-corrected chi connectivity index (χ0v) is 11.8. The molecule has 5 atom stereocenters. The van der Waals surface area contributed by atoms with Gasteiger partial charge in [-0.3, -0.25) is 14.4 Å². The van der Waals surface area contributed by atoms with E-state index < -0.39 is 55.3 Å². The third-order valence-electron chi connectivity index (χ3n) is 2.67. The molecule has 1 aliphatic rings. The van der Waals surface area contributed by atoms with Gasteiger partial charge in [0.25, 0.3) is 0 Å². The van der Waals surface area contributed by atoms with Crippen molar-refractivity contribution < 1.29 is 42.8 Å². The number of esters is 3. The summed E-state index contributed by atoms with van der Waals surface area (Å²) in [5, 5.41) is 9.76. The van der Waals surface area contributed by atoms with Crippen LogP contribution < -0.4 is 0 Å². The van der Waals surface area contributed by atoms with E-state index in [1.165, 1.54) is 0 Å². The molecule has 1 aliphatic heterocycles. The van der Waals surface area contributed by atoms with Crippen LogP contribution in [0.1, 0.15) is 20.8 Å². The Bertz CT molecular complexity index is 412. The predicted molar refractivity (Wildman–Crippen MR) is 63.5 cm³/mol. The largest absolute Gasteiger partial charge is 0.456 e. The van der Waals surface area contributed by atoms with Crippen LogP contribution in [-0.4, -0.2) is 60.4 Å². The molecule has 1 unspecified atom stereocenters. The van der Waals surface area contributed by atoms with Gasteiger partial charge in [-0.2, -0.15) is 0 Å². The second-order valence-electron chi connectivity index (χ2n) is 4.44. The van der Waals surface area contributed by atoms with Crippen molar-refractivity contribution in [2.75, 3.05) is 6.67 Å². The molecule has 1 heterocycles. The average Bonchev–Trinajstić information content (AvgIpc) is 2.35. The smallest absolute Gasteiger partial charge is 0.303 e. The molecule has 0 aromatic heterocycles. The Labute approximate surface area is 120 Å². The van der Waals surface area contributed by atoms with Crippen LogP contribution in [0, 0.1) is 0 Å². The maximum absolute atomic E-state index is 13.0. The monoisotopic (exact) mass is 308 g/mol. The first-order chi connectivity index (χ1) is 9.76. The number of ether oxygens (including phenoxy) is 4. The first kappa shape index (κ1) is 17.3. The van der Waals surface area contributed by atoms with Gasteiger partial charge < -0.3 is 24.1 Å². The van der Waals surface area contributed by atoms with Gasteiger partial charge in [-0.15, -0.1) is 0 Å². The fourth-order valence-corrected chi connectivity index (χ4v) is 2.00. The summed E-state index contributed by atoms with van der Waals surface area (Å²) in [6.45, 7) is 2.12. The van der Waals surface area contributed by atoms with Crippen LogP contribution in [0.3, 0.4) is 0 Å². The summed E-state index contributed by atoms with van der Waals surface area (Å²) in [4.78, 5) is 33.3. The van der Waals surface area contributed by atoms with Crippen molar-refractivity contribution in [1.29, 1.82) is 0 Å². The Balaban J connectivity index is 3.08. The van der Waals surface area contributed by atoms with Gasteiger partial charge in [-0.25, -0.2) is 4.39 Å². The molecule has 0 saturated carbocycles. The van der Waals surface area contributed by atoms with Crippen molar-refractivity contribution in [3.05, 3.63) is 0 Å². The minimum Gasteiger partial charge on any atom is -0.456 e. The lowest BCUT2D eigenvalue weighted by molar-refractivity contribution is -0.292. The Kier molecular flexibility index (Phi) is 6.03. The van der Waals surface area contributed by atoms with E-state index in [1.54, 1.807) is 0 Å². The number of aliphatic hydroxyl groups is 1. The van der Waals surface area contributed by atoms with Crippen LogP contribution >= 0.6 is 0 Å². The summed E-state index contributed by atoms with van der Waals surface area (Å²) < 4.78 is 32.5. The van der Waals surface area contributed by atoms with Crippen LogP contribution in [-0.2, 0) is 33.3 Å². The van der Waals surface area contributed by atoms with Crippen LogP contribution in [0.25, 0.3) is 0 Å². The van der Waals surface area contributed by atoms with Crippen molar-refractivity contribution in [3.8, 4) is 0 Å². The molecule has 21 heavy (non-hydrogen) atoms. The molecule has 0 radical (unpaired) electrons. The number of carbonyl (C=O) groups is 3. The number of carbonyl (C=O) groups excluding carboxylic acids is 3. The summed E-state index contributed by atoms with van der Waals surface area (Å²) in [5.74, 6) is -2.32. The third kappa shape index (κ3) is 4.64. The number of halogens is 1. The highest BCUT2D eigenvalue weighted by Crippen LogP contribution is 2.28. The number of alkyl halides is 1. The summed E-state index contributed by atoms with van der Waals surface area (Å²) in [6.07, 6.45) is -7.21. The lowest BCUT2D eigenvalue weighted by Crippen LogP contribution is -2.61. The zero-order chi connectivity index (χ0) is 16.2. The Morgan fingerprint density at radius 2 is 1.38 bits per heavy atom. The summed E-state index contributed by atoms with van der Waals surface area (Å²) >= 11 is 0. The average molecular weight is 308 g/mol. The first-order valence-corrected chi connectivity index (χ1v) is 6.17. The molecular formula is C12H17FO8. The molecule has 8 nitrogen and oxygen atoms in total. The van der Waals surface area contributed by atoms with Gasteiger partial charge in [-0.05, 0) is 0 Å². The molecule has 0 aliphatic carbocycles. The molecule has 120 valence electrons. The Hall–Kier alpha value is -1.74. The Morgan fingerprint density at radius 3 is 1.81 bits per heavy atom. The van der Waals surface area contributed by atoms with E-state index in [9.17, 15) is 23.9 Å². The number of rotatable bonds is 4. The summed E-state index contributed by atoms with van der Waals surface area (Å²) in [6, 6.07) is 0. The fraction of sp³-hybridized carbons (Fsp3) is 0.750. The molecule has 1 saturated heterocycles. The standard InChI is InChI=1S/C12H17FO8/c1-5(14)18-9-8(4-13)21-12(17)11(20-7(3)16)10(9)19-6(2)15/h8-12,17H,4H2,1-3H3/t8-,9-,10+,11-,12?/m1/s1. The van der Waals surface area contributed by atoms with E-state index in [2.05, 4.69) is 0 Å². The highest BCUT2D eigenvalue weighted by Gasteiger charge is 2.51. The quantitative estimate of drug-likeness (QED) is 0.545. The molecule has 0 aromatic carbocycles. The van der Waals surface area contributed by atoms with Crippen LogP contribution in [0.2, 0.25) is 0 Å². The number of hydrogen-bond donors (Lipinski definition) is 1. The molecular weight excluding hydrogens is 291 g/mol. The Morgan fingerprint density at radius 1 is 0.952 bits per heavy atom. The van der Waals surface area contributed by atoms with Gasteiger partial charge in [0.05, 0.1) is 0 Å². The molecule has 0 amide bonds. The molecule has 0 bridgehead atoms. The second kappa shape index (κ2) is 7.32. The van der Waals surface area contributed by atoms with Crippen molar-refractivity contribution in [1.82, 2.24) is 0 Å². The van der Waals surface area contributed by atoms with E-state index >= 15 is 0 Å². The van der Waals surface area contributed by atoms with Crippen molar-refractivity contribution in [3.63, 3.8) is 0 Å². The van der Waals surface area contributed by atoms with Crippen LogP contribution in [0.5, 0.6) is 0 Å². The first-order valence-electron chi connectivity index (χ1n) is 6.17. The predicted octanol–water partition coefficient (Wildman–Crippen LogP) is -0.532. The minimum atomic E-state index is -1.72. The molecule has 1 rings (SSSR count). The van der Waals surface area contributed by atoms with Gasteiger partial charge in [0, 0.05) is 20.8 Å². The summed E-state index contributed by atoms with van der Waals surface area (Å²) in [7, 11) is 0. The molecule has 0 aromatic rings. The maximum Gasteiger partial charge on any atom is 0.303 e. The number of aliphatic hydroxyl groups excluding tert-OH is 1. The highest BCUT2D eigenvalue weighted by atomic mass is 19.1. The topological polar surface area (TPSA) is 108 Å². The number of hydrogen-bond acceptors (Lipinski definition) is 8. The van der Waals surface area contributed by atoms with Crippen molar-refractivity contribution in [2.45, 2.75) is 51.5 Å². The van der Waals surface area contributed by atoms with Gasteiger partial charge in [0.15, 0.2) is 24.6 Å². The normalized spacial score (nSPS) is 32.1. The SMILES string of the molecule is CC(=O)O[C@H]1[C@H](OC(C)=O)[C@@H](OC(C)=O)C(O)O[C@@H]1CF. The summed E-state index contributed by atoms with van der Waals surface area (Å²) in [5.41, 5.74) is 0. The fourth-order valence-electron chi connectivity index (χ4n) is 2.00. The van der Waals surface area contributed by atoms with Gasteiger partial charge >= 0.3 is 17.9 Å². The zero-order valence-electron chi connectivity index (χ0n) is 11.8. The molecule has 9 heteroatoms. The highest BCUT2D eigenvalue weighted by molar-refractivity contribution is 5.68. The maximum atomic E-state index is 13.0.